The van der Waals surface area contributed by atoms with E-state index in [2.05, 4.69) is 20.8 Å². The van der Waals surface area contributed by atoms with E-state index in [1.165, 1.54) is 44.9 Å². The SMILES string of the molecule is CCCCC1CCCC1(C)CC. The molecular weight excluding hydrogens is 144 g/mol. The minimum absolute atomic E-state index is 0.704. The minimum atomic E-state index is 0.704. The molecule has 1 aliphatic rings. The van der Waals surface area contributed by atoms with Gasteiger partial charge in [-0.2, -0.15) is 0 Å². The Morgan fingerprint density at radius 2 is 2.08 bits per heavy atom. The van der Waals surface area contributed by atoms with Gasteiger partial charge in [-0.25, -0.2) is 0 Å². The Bertz CT molecular complexity index is 128. The third-order valence-corrected chi connectivity index (χ3v) is 4.00. The molecule has 0 aliphatic heterocycles. The van der Waals surface area contributed by atoms with Crippen LogP contribution >= 0.6 is 0 Å². The molecule has 12 heavy (non-hydrogen) atoms. The van der Waals surface area contributed by atoms with Crippen LogP contribution in [0.5, 0.6) is 0 Å². The topological polar surface area (TPSA) is 0 Å². The lowest BCUT2D eigenvalue weighted by molar-refractivity contribution is 0.204. The highest BCUT2D eigenvalue weighted by molar-refractivity contribution is 4.87. The van der Waals surface area contributed by atoms with Crippen LogP contribution in [-0.2, 0) is 0 Å². The summed E-state index contributed by atoms with van der Waals surface area (Å²) in [7, 11) is 0. The van der Waals surface area contributed by atoms with Gasteiger partial charge < -0.3 is 0 Å². The van der Waals surface area contributed by atoms with Crippen molar-refractivity contribution in [2.45, 2.75) is 65.7 Å². The molecule has 0 bridgehead atoms. The third kappa shape index (κ3) is 2.02. The third-order valence-electron chi connectivity index (χ3n) is 4.00. The van der Waals surface area contributed by atoms with Crippen LogP contribution < -0.4 is 0 Å². The van der Waals surface area contributed by atoms with Crippen LogP contribution in [0.4, 0.5) is 0 Å². The summed E-state index contributed by atoms with van der Waals surface area (Å²) in [6.45, 7) is 7.17. The molecule has 0 radical (unpaired) electrons. The average molecular weight is 168 g/mol. The van der Waals surface area contributed by atoms with Crippen molar-refractivity contribution in [3.8, 4) is 0 Å². The molecule has 0 spiro atoms. The molecule has 0 heteroatoms. The standard InChI is InChI=1S/C12H24/c1-4-6-8-11-9-7-10-12(11,3)5-2/h11H,4-10H2,1-3H3. The zero-order valence-corrected chi connectivity index (χ0v) is 9.03. The van der Waals surface area contributed by atoms with Gasteiger partial charge in [-0.3, -0.25) is 0 Å². The first kappa shape index (κ1) is 10.1. The Labute approximate surface area is 77.7 Å². The summed E-state index contributed by atoms with van der Waals surface area (Å²) in [6.07, 6.45) is 10.2. The van der Waals surface area contributed by atoms with Crippen LogP contribution in [0.25, 0.3) is 0 Å². The van der Waals surface area contributed by atoms with E-state index in [1.807, 2.05) is 0 Å². The number of hydrogen-bond acceptors (Lipinski definition) is 0. The average Bonchev–Trinajstić information content (AvgIpc) is 2.45. The predicted octanol–water partition coefficient (Wildman–Crippen LogP) is 4.39. The van der Waals surface area contributed by atoms with Crippen molar-refractivity contribution in [2.75, 3.05) is 0 Å². The second kappa shape index (κ2) is 4.30. The maximum Gasteiger partial charge on any atom is -0.0300 e. The molecule has 0 aromatic rings. The van der Waals surface area contributed by atoms with Gasteiger partial charge in [0.25, 0.3) is 0 Å². The van der Waals surface area contributed by atoms with Crippen molar-refractivity contribution in [1.82, 2.24) is 0 Å². The highest BCUT2D eigenvalue weighted by Crippen LogP contribution is 2.47. The summed E-state index contributed by atoms with van der Waals surface area (Å²) in [5.41, 5.74) is 0.704. The van der Waals surface area contributed by atoms with Gasteiger partial charge >= 0.3 is 0 Å². The van der Waals surface area contributed by atoms with E-state index in [0.29, 0.717) is 5.41 Å². The summed E-state index contributed by atoms with van der Waals surface area (Å²) in [4.78, 5) is 0. The number of unbranched alkanes of at least 4 members (excludes halogenated alkanes) is 1. The van der Waals surface area contributed by atoms with Gasteiger partial charge in [0.1, 0.15) is 0 Å². The summed E-state index contributed by atoms with van der Waals surface area (Å²) >= 11 is 0. The molecule has 72 valence electrons. The van der Waals surface area contributed by atoms with Crippen LogP contribution in [-0.4, -0.2) is 0 Å². The quantitative estimate of drug-likeness (QED) is 0.584. The highest BCUT2D eigenvalue weighted by atomic mass is 14.4. The molecule has 0 N–H and O–H groups in total. The summed E-state index contributed by atoms with van der Waals surface area (Å²) in [5.74, 6) is 1.04. The van der Waals surface area contributed by atoms with Crippen molar-refractivity contribution < 1.29 is 0 Å². The first-order valence-electron chi connectivity index (χ1n) is 5.73. The lowest BCUT2D eigenvalue weighted by atomic mass is 9.75. The van der Waals surface area contributed by atoms with E-state index >= 15 is 0 Å². The first-order valence-corrected chi connectivity index (χ1v) is 5.73. The van der Waals surface area contributed by atoms with Crippen molar-refractivity contribution in [1.29, 1.82) is 0 Å². The monoisotopic (exact) mass is 168 g/mol. The van der Waals surface area contributed by atoms with E-state index in [-0.39, 0.29) is 0 Å². The van der Waals surface area contributed by atoms with Crippen molar-refractivity contribution in [2.24, 2.45) is 11.3 Å². The highest BCUT2D eigenvalue weighted by Gasteiger charge is 2.35. The van der Waals surface area contributed by atoms with Gasteiger partial charge in [-0.15, -0.1) is 0 Å². The fourth-order valence-corrected chi connectivity index (χ4v) is 2.71. The Morgan fingerprint density at radius 3 is 2.67 bits per heavy atom. The van der Waals surface area contributed by atoms with Gasteiger partial charge in [0.2, 0.25) is 0 Å². The molecule has 0 heterocycles. The van der Waals surface area contributed by atoms with Gasteiger partial charge in [0.05, 0.1) is 0 Å². The first-order chi connectivity index (χ1) is 5.73. The summed E-state index contributed by atoms with van der Waals surface area (Å²) in [6, 6.07) is 0. The van der Waals surface area contributed by atoms with E-state index < -0.39 is 0 Å². The maximum atomic E-state index is 2.50. The Morgan fingerprint density at radius 1 is 1.33 bits per heavy atom. The van der Waals surface area contributed by atoms with Crippen molar-refractivity contribution >= 4 is 0 Å². The predicted molar refractivity (Wildman–Crippen MR) is 55.3 cm³/mol. The van der Waals surface area contributed by atoms with E-state index in [9.17, 15) is 0 Å². The lowest BCUT2D eigenvalue weighted by Gasteiger charge is -2.30. The lowest BCUT2D eigenvalue weighted by Crippen LogP contribution is -2.20. The Balaban J connectivity index is 2.40. The van der Waals surface area contributed by atoms with Crippen LogP contribution in [0.2, 0.25) is 0 Å². The molecule has 0 saturated heterocycles. The second-order valence-electron chi connectivity index (χ2n) is 4.74. The fourth-order valence-electron chi connectivity index (χ4n) is 2.71. The molecule has 0 aromatic carbocycles. The van der Waals surface area contributed by atoms with Crippen LogP contribution in [0, 0.1) is 11.3 Å². The minimum Gasteiger partial charge on any atom is -0.0654 e. The molecule has 0 amide bonds. The smallest absolute Gasteiger partial charge is 0.0300 e. The van der Waals surface area contributed by atoms with Crippen molar-refractivity contribution in [3.63, 3.8) is 0 Å². The summed E-state index contributed by atoms with van der Waals surface area (Å²) in [5, 5.41) is 0. The molecule has 0 nitrogen and oxygen atoms in total. The van der Waals surface area contributed by atoms with Crippen LogP contribution in [0.3, 0.4) is 0 Å². The van der Waals surface area contributed by atoms with E-state index in [4.69, 9.17) is 0 Å². The zero-order chi connectivity index (χ0) is 9.03. The van der Waals surface area contributed by atoms with Crippen LogP contribution in [0.15, 0.2) is 0 Å². The number of hydrogen-bond donors (Lipinski definition) is 0. The Hall–Kier alpha value is 0. The number of rotatable bonds is 4. The molecule has 0 aromatic heterocycles. The van der Waals surface area contributed by atoms with Gasteiger partial charge in [-0.1, -0.05) is 46.5 Å². The zero-order valence-electron chi connectivity index (χ0n) is 9.03. The Kier molecular flexibility index (Phi) is 3.61. The van der Waals surface area contributed by atoms with Gasteiger partial charge in [0, 0.05) is 0 Å². The van der Waals surface area contributed by atoms with Crippen LogP contribution in [0.1, 0.15) is 65.7 Å². The second-order valence-corrected chi connectivity index (χ2v) is 4.74. The fraction of sp³-hybridized carbons (Fsp3) is 1.00. The van der Waals surface area contributed by atoms with E-state index in [1.54, 1.807) is 0 Å². The van der Waals surface area contributed by atoms with Crippen molar-refractivity contribution in [3.05, 3.63) is 0 Å². The molecule has 2 unspecified atom stereocenters. The molecule has 1 saturated carbocycles. The largest absolute Gasteiger partial charge is 0.0654 e. The van der Waals surface area contributed by atoms with Gasteiger partial charge in [0.15, 0.2) is 0 Å². The molecule has 1 rings (SSSR count). The maximum absolute atomic E-state index is 2.50. The normalized spacial score (nSPS) is 35.8. The summed E-state index contributed by atoms with van der Waals surface area (Å²) < 4.78 is 0. The molecular formula is C12H24. The van der Waals surface area contributed by atoms with E-state index in [0.717, 1.165) is 5.92 Å². The van der Waals surface area contributed by atoms with Gasteiger partial charge in [-0.05, 0) is 30.6 Å². The molecule has 1 fully saturated rings. The molecule has 1 aliphatic carbocycles. The molecule has 2 atom stereocenters.